The van der Waals surface area contributed by atoms with E-state index in [0.717, 1.165) is 17.0 Å². The van der Waals surface area contributed by atoms with Gasteiger partial charge in [-0.05, 0) is 18.2 Å². The molecule has 0 aliphatic rings. The van der Waals surface area contributed by atoms with Crippen molar-refractivity contribution in [3.05, 3.63) is 47.0 Å². The standard InChI is InChI=1S/C12H12Cl2N2O/c1-17-12-3-2-10(14)4-9(12)6-16-7-11(5-13)15-8-16/h2-4,7-8H,5-6H2,1H3. The second-order valence-electron chi connectivity index (χ2n) is 3.63. The largest absolute Gasteiger partial charge is 0.496 e. The van der Waals surface area contributed by atoms with E-state index in [1.807, 2.05) is 29.0 Å². The Hall–Kier alpha value is -1.19. The number of methoxy groups -OCH3 is 1. The van der Waals surface area contributed by atoms with Crippen LogP contribution < -0.4 is 4.74 Å². The zero-order chi connectivity index (χ0) is 12.3. The molecule has 0 unspecified atom stereocenters. The molecule has 17 heavy (non-hydrogen) atoms. The van der Waals surface area contributed by atoms with Crippen LogP contribution in [0.4, 0.5) is 0 Å². The number of nitrogens with zero attached hydrogens (tertiary/aromatic N) is 2. The minimum Gasteiger partial charge on any atom is -0.496 e. The van der Waals surface area contributed by atoms with Crippen LogP contribution in [-0.4, -0.2) is 16.7 Å². The summed E-state index contributed by atoms with van der Waals surface area (Å²) in [6.07, 6.45) is 3.66. The summed E-state index contributed by atoms with van der Waals surface area (Å²) in [7, 11) is 1.64. The highest BCUT2D eigenvalue weighted by Gasteiger charge is 2.05. The molecule has 0 saturated heterocycles. The van der Waals surface area contributed by atoms with Crippen LogP contribution >= 0.6 is 23.2 Å². The van der Waals surface area contributed by atoms with Gasteiger partial charge in [0.15, 0.2) is 0 Å². The van der Waals surface area contributed by atoms with Crippen molar-refractivity contribution in [2.45, 2.75) is 12.4 Å². The topological polar surface area (TPSA) is 27.1 Å². The molecule has 3 nitrogen and oxygen atoms in total. The summed E-state index contributed by atoms with van der Waals surface area (Å²) in [6, 6.07) is 5.56. The van der Waals surface area contributed by atoms with E-state index >= 15 is 0 Å². The summed E-state index contributed by atoms with van der Waals surface area (Å²) in [5.41, 5.74) is 1.87. The second kappa shape index (κ2) is 5.43. The van der Waals surface area contributed by atoms with Gasteiger partial charge in [-0.1, -0.05) is 11.6 Å². The van der Waals surface area contributed by atoms with Crippen LogP contribution in [0.5, 0.6) is 5.75 Å². The maximum absolute atomic E-state index is 5.97. The Bertz CT molecular complexity index is 511. The molecule has 90 valence electrons. The van der Waals surface area contributed by atoms with Crippen LogP contribution in [0.1, 0.15) is 11.3 Å². The van der Waals surface area contributed by atoms with Gasteiger partial charge < -0.3 is 9.30 Å². The van der Waals surface area contributed by atoms with Gasteiger partial charge in [0.25, 0.3) is 0 Å². The molecule has 0 radical (unpaired) electrons. The van der Waals surface area contributed by atoms with E-state index < -0.39 is 0 Å². The van der Waals surface area contributed by atoms with Crippen molar-refractivity contribution in [3.63, 3.8) is 0 Å². The van der Waals surface area contributed by atoms with Gasteiger partial charge in [0.2, 0.25) is 0 Å². The number of alkyl halides is 1. The molecular weight excluding hydrogens is 259 g/mol. The number of ether oxygens (including phenoxy) is 1. The monoisotopic (exact) mass is 270 g/mol. The van der Waals surface area contributed by atoms with Crippen molar-refractivity contribution < 1.29 is 4.74 Å². The Morgan fingerprint density at radius 1 is 1.41 bits per heavy atom. The van der Waals surface area contributed by atoms with Gasteiger partial charge in [-0.3, -0.25) is 0 Å². The Kier molecular flexibility index (Phi) is 3.92. The second-order valence-corrected chi connectivity index (χ2v) is 4.33. The third-order valence-corrected chi connectivity index (χ3v) is 2.93. The van der Waals surface area contributed by atoms with E-state index in [0.29, 0.717) is 17.4 Å². The number of hydrogen-bond acceptors (Lipinski definition) is 2. The van der Waals surface area contributed by atoms with E-state index in [9.17, 15) is 0 Å². The lowest BCUT2D eigenvalue weighted by molar-refractivity contribution is 0.408. The molecule has 0 N–H and O–H groups in total. The van der Waals surface area contributed by atoms with Crippen molar-refractivity contribution in [2.75, 3.05) is 7.11 Å². The third-order valence-electron chi connectivity index (χ3n) is 2.42. The van der Waals surface area contributed by atoms with Crippen molar-refractivity contribution in [1.29, 1.82) is 0 Å². The van der Waals surface area contributed by atoms with Crippen molar-refractivity contribution >= 4 is 23.2 Å². The fraction of sp³-hybridized carbons (Fsp3) is 0.250. The average molecular weight is 271 g/mol. The summed E-state index contributed by atoms with van der Waals surface area (Å²) in [4.78, 5) is 4.17. The molecule has 2 aromatic rings. The molecule has 0 saturated carbocycles. The maximum Gasteiger partial charge on any atom is 0.123 e. The molecule has 0 amide bonds. The lowest BCUT2D eigenvalue weighted by Crippen LogP contribution is -1.99. The van der Waals surface area contributed by atoms with Crippen molar-refractivity contribution in [3.8, 4) is 5.75 Å². The third kappa shape index (κ3) is 2.93. The molecular formula is C12H12Cl2N2O. The number of hydrogen-bond donors (Lipinski definition) is 0. The fourth-order valence-electron chi connectivity index (χ4n) is 1.63. The Balaban J connectivity index is 2.25. The van der Waals surface area contributed by atoms with Gasteiger partial charge in [0.1, 0.15) is 5.75 Å². The molecule has 0 aliphatic carbocycles. The van der Waals surface area contributed by atoms with Crippen molar-refractivity contribution in [2.24, 2.45) is 0 Å². The normalized spacial score (nSPS) is 10.5. The first-order valence-corrected chi connectivity index (χ1v) is 6.03. The molecule has 5 heteroatoms. The summed E-state index contributed by atoms with van der Waals surface area (Å²) in [6.45, 7) is 0.660. The van der Waals surface area contributed by atoms with E-state index in [2.05, 4.69) is 4.98 Å². The van der Waals surface area contributed by atoms with Gasteiger partial charge >= 0.3 is 0 Å². The molecule has 2 rings (SSSR count). The first-order valence-electron chi connectivity index (χ1n) is 5.12. The number of benzene rings is 1. The average Bonchev–Trinajstić information content (AvgIpc) is 2.77. The quantitative estimate of drug-likeness (QED) is 0.797. The summed E-state index contributed by atoms with van der Waals surface area (Å²) >= 11 is 11.7. The van der Waals surface area contributed by atoms with Gasteiger partial charge in [0.05, 0.1) is 31.6 Å². The Morgan fingerprint density at radius 2 is 2.24 bits per heavy atom. The molecule has 1 heterocycles. The van der Waals surface area contributed by atoms with E-state index in [4.69, 9.17) is 27.9 Å². The molecule has 1 aromatic heterocycles. The van der Waals surface area contributed by atoms with Gasteiger partial charge in [0, 0.05) is 16.8 Å². The van der Waals surface area contributed by atoms with E-state index in [-0.39, 0.29) is 0 Å². The van der Waals surface area contributed by atoms with Crippen LogP contribution in [0.2, 0.25) is 5.02 Å². The van der Waals surface area contributed by atoms with E-state index in [1.54, 1.807) is 13.4 Å². The number of imidazole rings is 1. The predicted molar refractivity (Wildman–Crippen MR) is 68.9 cm³/mol. The van der Waals surface area contributed by atoms with Crippen LogP contribution in [0.25, 0.3) is 0 Å². The molecule has 0 aliphatic heterocycles. The Morgan fingerprint density at radius 3 is 2.88 bits per heavy atom. The highest BCUT2D eigenvalue weighted by atomic mass is 35.5. The predicted octanol–water partition coefficient (Wildman–Crippen LogP) is 3.33. The number of rotatable bonds is 4. The van der Waals surface area contributed by atoms with E-state index in [1.165, 1.54) is 0 Å². The minimum atomic E-state index is 0.416. The zero-order valence-electron chi connectivity index (χ0n) is 9.36. The highest BCUT2D eigenvalue weighted by Crippen LogP contribution is 2.23. The van der Waals surface area contributed by atoms with Crippen molar-refractivity contribution in [1.82, 2.24) is 9.55 Å². The summed E-state index contributed by atoms with van der Waals surface area (Å²) in [5, 5.41) is 0.693. The fourth-order valence-corrected chi connectivity index (χ4v) is 1.96. The highest BCUT2D eigenvalue weighted by molar-refractivity contribution is 6.30. The molecule has 0 fully saturated rings. The lowest BCUT2D eigenvalue weighted by Gasteiger charge is -2.09. The zero-order valence-corrected chi connectivity index (χ0v) is 10.9. The molecule has 0 spiro atoms. The first-order chi connectivity index (χ1) is 8.22. The smallest absolute Gasteiger partial charge is 0.123 e. The summed E-state index contributed by atoms with van der Waals surface area (Å²) in [5.74, 6) is 1.23. The van der Waals surface area contributed by atoms with Crippen LogP contribution in [0, 0.1) is 0 Å². The van der Waals surface area contributed by atoms with Gasteiger partial charge in [-0.25, -0.2) is 4.98 Å². The summed E-state index contributed by atoms with van der Waals surface area (Å²) < 4.78 is 7.24. The molecule has 0 bridgehead atoms. The van der Waals surface area contributed by atoms with Crippen LogP contribution in [-0.2, 0) is 12.4 Å². The maximum atomic E-state index is 5.97. The van der Waals surface area contributed by atoms with Gasteiger partial charge in [-0.2, -0.15) is 0 Å². The van der Waals surface area contributed by atoms with Gasteiger partial charge in [-0.15, -0.1) is 11.6 Å². The molecule has 1 aromatic carbocycles. The lowest BCUT2D eigenvalue weighted by atomic mass is 10.2. The van der Waals surface area contributed by atoms with Crippen LogP contribution in [0.3, 0.4) is 0 Å². The van der Waals surface area contributed by atoms with Crippen LogP contribution in [0.15, 0.2) is 30.7 Å². The number of halogens is 2. The first kappa shape index (κ1) is 12.3. The number of aromatic nitrogens is 2. The minimum absolute atomic E-state index is 0.416. The Labute approximate surface area is 110 Å². The SMILES string of the molecule is COc1ccc(Cl)cc1Cn1cnc(CCl)c1. The molecule has 0 atom stereocenters.